The van der Waals surface area contributed by atoms with Crippen molar-refractivity contribution in [1.82, 2.24) is 9.21 Å². The van der Waals surface area contributed by atoms with Crippen LogP contribution in [0.5, 0.6) is 0 Å². The summed E-state index contributed by atoms with van der Waals surface area (Å²) in [5, 5.41) is 0. The van der Waals surface area contributed by atoms with Crippen molar-refractivity contribution < 1.29 is 18.0 Å². The van der Waals surface area contributed by atoms with Crippen LogP contribution in [-0.2, 0) is 14.8 Å². The summed E-state index contributed by atoms with van der Waals surface area (Å²) in [4.78, 5) is 26.8. The Bertz CT molecular complexity index is 888. The minimum atomic E-state index is -3.60. The Kier molecular flexibility index (Phi) is 6.30. The van der Waals surface area contributed by atoms with Gasteiger partial charge in [-0.25, -0.2) is 8.42 Å². The van der Waals surface area contributed by atoms with Crippen LogP contribution in [0.2, 0.25) is 0 Å². The molecule has 0 spiro atoms. The molecule has 3 aliphatic rings. The Labute approximate surface area is 179 Å². The van der Waals surface area contributed by atoms with Gasteiger partial charge in [0.15, 0.2) is 5.78 Å². The molecule has 6 nitrogen and oxygen atoms in total. The first-order valence-electron chi connectivity index (χ1n) is 11.3. The van der Waals surface area contributed by atoms with Crippen LogP contribution in [0, 0.1) is 17.8 Å². The van der Waals surface area contributed by atoms with Gasteiger partial charge in [0.1, 0.15) is 0 Å². The van der Waals surface area contributed by atoms with E-state index in [9.17, 15) is 18.0 Å². The molecule has 1 amide bonds. The number of carbonyl (C=O) groups excluding carboxylic acids is 2. The van der Waals surface area contributed by atoms with Gasteiger partial charge in [-0.1, -0.05) is 31.4 Å². The van der Waals surface area contributed by atoms with E-state index in [1.54, 1.807) is 12.1 Å². The number of amides is 1. The second kappa shape index (κ2) is 8.79. The number of Topliss-reactive ketones (excluding diaryl/α,β-unsaturated/α-hetero) is 1. The normalized spacial score (nSPS) is 26.2. The fourth-order valence-electron chi connectivity index (χ4n) is 5.41. The third kappa shape index (κ3) is 4.33. The summed E-state index contributed by atoms with van der Waals surface area (Å²) in [6, 6.07) is 6.11. The van der Waals surface area contributed by atoms with E-state index in [0.29, 0.717) is 37.4 Å². The Balaban J connectivity index is 1.35. The lowest BCUT2D eigenvalue weighted by Gasteiger charge is -2.43. The lowest BCUT2D eigenvalue weighted by Crippen LogP contribution is -2.49. The standard InChI is InChI=1S/C23H32N2O4S/c1-17(26)18-6-8-22(9-7-18)30(28,29)25-14-11-20(12-15-25)23(27)24-13-10-19-4-2-3-5-21(19)16-24/h6-9,19-21H,2-5,10-16H2,1H3/t19-,21-/m1/s1. The Morgan fingerprint density at radius 2 is 1.50 bits per heavy atom. The van der Waals surface area contributed by atoms with E-state index in [1.807, 2.05) is 0 Å². The molecule has 1 aliphatic carbocycles. The monoisotopic (exact) mass is 432 g/mol. The van der Waals surface area contributed by atoms with Crippen molar-refractivity contribution in [2.45, 2.75) is 56.8 Å². The average Bonchev–Trinajstić information content (AvgIpc) is 2.78. The van der Waals surface area contributed by atoms with E-state index in [-0.39, 0.29) is 22.5 Å². The van der Waals surface area contributed by atoms with Gasteiger partial charge in [0, 0.05) is 37.7 Å². The predicted molar refractivity (Wildman–Crippen MR) is 115 cm³/mol. The number of fused-ring (bicyclic) bond motifs is 1. The first-order chi connectivity index (χ1) is 14.4. The molecule has 30 heavy (non-hydrogen) atoms. The molecule has 4 rings (SSSR count). The Morgan fingerprint density at radius 3 is 2.13 bits per heavy atom. The van der Waals surface area contributed by atoms with E-state index >= 15 is 0 Å². The molecule has 0 N–H and O–H groups in total. The number of carbonyl (C=O) groups is 2. The minimum Gasteiger partial charge on any atom is -0.342 e. The van der Waals surface area contributed by atoms with Crippen LogP contribution in [0.1, 0.15) is 62.2 Å². The number of piperidine rings is 2. The van der Waals surface area contributed by atoms with E-state index in [0.717, 1.165) is 25.4 Å². The number of hydrogen-bond donors (Lipinski definition) is 0. The second-order valence-corrected chi connectivity index (χ2v) is 11.1. The van der Waals surface area contributed by atoms with Gasteiger partial charge < -0.3 is 4.90 Å². The summed E-state index contributed by atoms with van der Waals surface area (Å²) in [5.41, 5.74) is 0.500. The largest absolute Gasteiger partial charge is 0.342 e. The van der Waals surface area contributed by atoms with Gasteiger partial charge in [-0.3, -0.25) is 9.59 Å². The lowest BCUT2D eigenvalue weighted by atomic mass is 9.75. The van der Waals surface area contributed by atoms with Gasteiger partial charge in [-0.15, -0.1) is 0 Å². The highest BCUT2D eigenvalue weighted by Crippen LogP contribution is 2.37. The summed E-state index contributed by atoms with van der Waals surface area (Å²) < 4.78 is 27.4. The molecule has 2 saturated heterocycles. The zero-order valence-electron chi connectivity index (χ0n) is 17.8. The smallest absolute Gasteiger partial charge is 0.243 e. The maximum absolute atomic E-state index is 13.1. The zero-order chi connectivity index (χ0) is 21.3. The maximum atomic E-state index is 13.1. The zero-order valence-corrected chi connectivity index (χ0v) is 18.6. The molecule has 0 bridgehead atoms. The first kappa shape index (κ1) is 21.5. The highest BCUT2D eigenvalue weighted by atomic mass is 32.2. The molecule has 3 fully saturated rings. The topological polar surface area (TPSA) is 74.8 Å². The Hall–Kier alpha value is -1.73. The molecular weight excluding hydrogens is 400 g/mol. The summed E-state index contributed by atoms with van der Waals surface area (Å²) in [7, 11) is -3.60. The lowest BCUT2D eigenvalue weighted by molar-refractivity contribution is -0.139. The van der Waals surface area contributed by atoms with Crippen molar-refractivity contribution in [2.24, 2.45) is 17.8 Å². The highest BCUT2D eigenvalue weighted by molar-refractivity contribution is 7.89. The number of ketones is 1. The molecule has 2 heterocycles. The summed E-state index contributed by atoms with van der Waals surface area (Å²) in [5.74, 6) is 1.52. The van der Waals surface area contributed by atoms with Crippen molar-refractivity contribution in [2.75, 3.05) is 26.2 Å². The second-order valence-electron chi connectivity index (χ2n) is 9.14. The van der Waals surface area contributed by atoms with Crippen molar-refractivity contribution in [1.29, 1.82) is 0 Å². The van der Waals surface area contributed by atoms with E-state index in [4.69, 9.17) is 0 Å². The van der Waals surface area contributed by atoms with Gasteiger partial charge in [0.25, 0.3) is 0 Å². The van der Waals surface area contributed by atoms with Crippen molar-refractivity contribution in [3.63, 3.8) is 0 Å². The third-order valence-corrected chi connectivity index (χ3v) is 9.22. The summed E-state index contributed by atoms with van der Waals surface area (Å²) in [6.45, 7) is 3.95. The summed E-state index contributed by atoms with van der Waals surface area (Å²) in [6.07, 6.45) is 7.46. The average molecular weight is 433 g/mol. The predicted octanol–water partition coefficient (Wildman–Crippen LogP) is 3.33. The number of rotatable bonds is 4. The molecule has 2 atom stereocenters. The van der Waals surface area contributed by atoms with Crippen LogP contribution in [0.15, 0.2) is 29.2 Å². The van der Waals surface area contributed by atoms with Crippen molar-refractivity contribution >= 4 is 21.7 Å². The van der Waals surface area contributed by atoms with Gasteiger partial charge >= 0.3 is 0 Å². The van der Waals surface area contributed by atoms with Crippen molar-refractivity contribution in [3.8, 4) is 0 Å². The number of sulfonamides is 1. The van der Waals surface area contributed by atoms with Gasteiger partial charge in [-0.2, -0.15) is 4.31 Å². The highest BCUT2D eigenvalue weighted by Gasteiger charge is 2.37. The third-order valence-electron chi connectivity index (χ3n) is 7.30. The van der Waals surface area contributed by atoms with E-state index in [1.165, 1.54) is 49.0 Å². The maximum Gasteiger partial charge on any atom is 0.243 e. The first-order valence-corrected chi connectivity index (χ1v) is 12.7. The molecule has 0 radical (unpaired) electrons. The molecule has 164 valence electrons. The van der Waals surface area contributed by atoms with Gasteiger partial charge in [0.05, 0.1) is 4.90 Å². The van der Waals surface area contributed by atoms with Crippen LogP contribution in [0.3, 0.4) is 0 Å². The number of benzene rings is 1. The molecule has 1 aromatic carbocycles. The molecule has 1 aromatic rings. The molecular formula is C23H32N2O4S. The number of likely N-dealkylation sites (tertiary alicyclic amines) is 1. The van der Waals surface area contributed by atoms with Crippen molar-refractivity contribution in [3.05, 3.63) is 29.8 Å². The molecule has 1 saturated carbocycles. The van der Waals surface area contributed by atoms with Crippen LogP contribution < -0.4 is 0 Å². The van der Waals surface area contributed by atoms with Crippen LogP contribution in [-0.4, -0.2) is 55.5 Å². The van der Waals surface area contributed by atoms with Gasteiger partial charge in [0.2, 0.25) is 15.9 Å². The fraction of sp³-hybridized carbons (Fsp3) is 0.652. The quantitative estimate of drug-likeness (QED) is 0.684. The fourth-order valence-corrected chi connectivity index (χ4v) is 6.88. The minimum absolute atomic E-state index is 0.0725. The van der Waals surface area contributed by atoms with E-state index < -0.39 is 10.0 Å². The van der Waals surface area contributed by atoms with Crippen LogP contribution in [0.4, 0.5) is 0 Å². The van der Waals surface area contributed by atoms with Crippen LogP contribution >= 0.6 is 0 Å². The summed E-state index contributed by atoms with van der Waals surface area (Å²) >= 11 is 0. The van der Waals surface area contributed by atoms with Gasteiger partial charge in [-0.05, 0) is 56.6 Å². The number of hydrogen-bond acceptors (Lipinski definition) is 4. The molecule has 7 heteroatoms. The van der Waals surface area contributed by atoms with Crippen LogP contribution in [0.25, 0.3) is 0 Å². The Morgan fingerprint density at radius 1 is 0.867 bits per heavy atom. The molecule has 2 aliphatic heterocycles. The molecule has 0 unspecified atom stereocenters. The van der Waals surface area contributed by atoms with E-state index in [2.05, 4.69) is 4.90 Å². The number of nitrogens with zero attached hydrogens (tertiary/aromatic N) is 2. The SMILES string of the molecule is CC(=O)c1ccc(S(=O)(=O)N2CCC(C(=O)N3CC[C@H]4CCCC[C@@H]4C3)CC2)cc1. The molecule has 0 aromatic heterocycles.